The van der Waals surface area contributed by atoms with Gasteiger partial charge in [0, 0.05) is 74.1 Å². The van der Waals surface area contributed by atoms with Crippen LogP contribution >= 0.6 is 0 Å². The van der Waals surface area contributed by atoms with E-state index in [1.165, 1.54) is 18.2 Å². The van der Waals surface area contributed by atoms with Gasteiger partial charge in [-0.05, 0) is 74.1 Å². The average molecular weight is 595 g/mol. The molecule has 3 aromatic rings. The molecule has 7 rings (SSSR count). The minimum Gasteiger partial charge on any atom is -0.468 e. The lowest BCUT2D eigenvalue weighted by molar-refractivity contribution is -0.141. The molecule has 44 heavy (non-hydrogen) atoms. The summed E-state index contributed by atoms with van der Waals surface area (Å²) in [4.78, 5) is 48.4. The van der Waals surface area contributed by atoms with E-state index in [2.05, 4.69) is 72.8 Å². The van der Waals surface area contributed by atoms with Gasteiger partial charge in [-0.25, -0.2) is 0 Å². The lowest BCUT2D eigenvalue weighted by Gasteiger charge is -2.19. The minimum atomic E-state index is -1.05. The zero-order chi connectivity index (χ0) is 31.0. The van der Waals surface area contributed by atoms with E-state index < -0.39 is 11.9 Å². The number of ether oxygens (including phenoxy) is 1. The first-order valence-electron chi connectivity index (χ1n) is 15.3. The Hall–Kier alpha value is -4.34. The molecule has 0 aromatic carbocycles. The number of hydrogen-bond donors (Lipinski definition) is 4. The second-order valence-electron chi connectivity index (χ2n) is 12.3. The zero-order valence-corrected chi connectivity index (χ0v) is 26.0. The van der Waals surface area contributed by atoms with Crippen molar-refractivity contribution in [3.05, 3.63) is 84.8 Å². The molecule has 0 amide bonds. The molecule has 8 bridgehead atoms. The third kappa shape index (κ3) is 4.21. The number of aromatic nitrogens is 3. The Labute approximate surface area is 255 Å². The van der Waals surface area contributed by atoms with Gasteiger partial charge >= 0.3 is 5.97 Å². The van der Waals surface area contributed by atoms with Crippen molar-refractivity contribution in [2.75, 3.05) is 7.11 Å². The maximum atomic E-state index is 14.1. The molecule has 0 spiro atoms. The van der Waals surface area contributed by atoms with Crippen molar-refractivity contribution >= 4 is 41.6 Å². The number of hydrogen-bond acceptors (Lipinski definition) is 6. The number of fused-ring (bicyclic) bond motifs is 7. The van der Waals surface area contributed by atoms with Gasteiger partial charge in [0.25, 0.3) is 0 Å². The fourth-order valence-electron chi connectivity index (χ4n) is 7.45. The molecule has 3 atom stereocenters. The molecular weight excluding hydrogens is 556 g/mol. The standard InChI is InChI=1S/C35H38N4O5/c1-8-19-15(3)22-12-24-17(5)21(10-11-28-43-44-28)32(38-24)30-31(35(41)42-7)34(40)29-18(6)25(39-33(29)30)14-27-20(9-2)16(4)23(37-27)13-26(19)36-22/h8,12-14,17,21,28,31,36-39H,1,9-11H2,2-7H3/b23-13-,24-12-,27-14-,32-30-/t17-,21-,31+/m0/s1. The van der Waals surface area contributed by atoms with Crippen molar-refractivity contribution < 1.29 is 24.1 Å². The zero-order valence-electron chi connectivity index (χ0n) is 26.0. The SMILES string of the molecule is C=Cc1c2[nH]c(c1C)/C=C1\N/C(=C3\c4[nH]c(c(C)c4C(=O)[C@@H]3C(=O)OC)/C=c3\[nH]/c(c(C)c3CC)=C\2)[C@@H](CCC2OO2)[C@@H]1C. The topological polar surface area (TPSA) is 128 Å². The molecule has 0 radical (unpaired) electrons. The second-order valence-corrected chi connectivity index (χ2v) is 12.3. The molecule has 2 saturated heterocycles. The van der Waals surface area contributed by atoms with E-state index in [0.29, 0.717) is 23.3 Å². The Morgan fingerprint density at radius 1 is 0.977 bits per heavy atom. The largest absolute Gasteiger partial charge is 0.468 e. The van der Waals surface area contributed by atoms with Crippen molar-refractivity contribution in [3.8, 4) is 0 Å². The molecule has 9 heteroatoms. The number of H-pyrrole nitrogens is 3. The van der Waals surface area contributed by atoms with Crippen LogP contribution in [0.1, 0.15) is 87.6 Å². The summed E-state index contributed by atoms with van der Waals surface area (Å²) < 4.78 is 5.22. The third-order valence-electron chi connectivity index (χ3n) is 10.0. The number of rotatable bonds is 6. The lowest BCUT2D eigenvalue weighted by Crippen LogP contribution is -2.25. The van der Waals surface area contributed by atoms with Crippen molar-refractivity contribution in [1.29, 1.82) is 0 Å². The minimum absolute atomic E-state index is 0.0123. The Kier molecular flexibility index (Phi) is 6.71. The molecule has 6 heterocycles. The van der Waals surface area contributed by atoms with Gasteiger partial charge in [-0.3, -0.25) is 9.59 Å². The maximum Gasteiger partial charge on any atom is 0.321 e. The quantitative estimate of drug-likeness (QED) is 0.145. The highest BCUT2D eigenvalue weighted by atomic mass is 17.4. The fourth-order valence-corrected chi connectivity index (χ4v) is 7.45. The van der Waals surface area contributed by atoms with E-state index in [0.717, 1.165) is 68.7 Å². The molecular formula is C35H38N4O5. The average Bonchev–Trinajstić information content (AvgIpc) is 3.37. The van der Waals surface area contributed by atoms with Gasteiger partial charge in [0.1, 0.15) is 5.92 Å². The monoisotopic (exact) mass is 594 g/mol. The van der Waals surface area contributed by atoms with Crippen LogP contribution in [0.5, 0.6) is 0 Å². The van der Waals surface area contributed by atoms with Crippen molar-refractivity contribution in [3.63, 3.8) is 0 Å². The molecule has 228 valence electrons. The van der Waals surface area contributed by atoms with Crippen LogP contribution in [0.2, 0.25) is 0 Å². The number of methoxy groups -OCH3 is 1. The number of Topliss-reactive ketones (excluding diaryl/α,β-unsaturated/α-hetero) is 1. The van der Waals surface area contributed by atoms with Crippen LogP contribution in [0.25, 0.3) is 29.9 Å². The molecule has 4 aliphatic rings. The molecule has 0 saturated carbocycles. The highest BCUT2D eigenvalue weighted by molar-refractivity contribution is 6.24. The molecule has 3 aliphatic heterocycles. The summed E-state index contributed by atoms with van der Waals surface area (Å²) in [5.74, 6) is -1.80. The molecule has 3 aromatic heterocycles. The number of esters is 1. The molecule has 2 fully saturated rings. The van der Waals surface area contributed by atoms with E-state index in [4.69, 9.17) is 14.5 Å². The summed E-state index contributed by atoms with van der Waals surface area (Å²) in [7, 11) is 1.33. The smallest absolute Gasteiger partial charge is 0.321 e. The van der Waals surface area contributed by atoms with Gasteiger partial charge in [0.15, 0.2) is 5.78 Å². The predicted octanol–water partition coefficient (Wildman–Crippen LogP) is 4.43. The summed E-state index contributed by atoms with van der Waals surface area (Å²) >= 11 is 0. The fraction of sp³-hybridized carbons (Fsp3) is 0.371. The van der Waals surface area contributed by atoms with E-state index in [-0.39, 0.29) is 23.9 Å². The van der Waals surface area contributed by atoms with Crippen LogP contribution < -0.4 is 16.0 Å². The summed E-state index contributed by atoms with van der Waals surface area (Å²) in [5.41, 5.74) is 11.9. The maximum absolute atomic E-state index is 14.1. The number of carbonyl (C=O) groups is 2. The molecule has 4 N–H and O–H groups in total. The van der Waals surface area contributed by atoms with E-state index in [1.807, 2.05) is 13.0 Å². The Morgan fingerprint density at radius 2 is 1.70 bits per heavy atom. The van der Waals surface area contributed by atoms with Crippen LogP contribution in [-0.4, -0.2) is 40.1 Å². The lowest BCUT2D eigenvalue weighted by atomic mass is 9.85. The van der Waals surface area contributed by atoms with E-state index in [9.17, 15) is 9.59 Å². The Balaban J connectivity index is 1.56. The van der Waals surface area contributed by atoms with Gasteiger partial charge in [-0.15, -0.1) is 0 Å². The number of nitrogens with one attached hydrogen (secondary N) is 4. The summed E-state index contributed by atoms with van der Waals surface area (Å²) in [6.07, 6.45) is 10.3. The normalized spacial score (nSPS) is 26.4. The third-order valence-corrected chi connectivity index (χ3v) is 10.0. The first-order chi connectivity index (χ1) is 21.2. The predicted molar refractivity (Wildman–Crippen MR) is 168 cm³/mol. The molecule has 9 nitrogen and oxygen atoms in total. The number of ketones is 1. The van der Waals surface area contributed by atoms with Crippen LogP contribution in [0, 0.1) is 38.5 Å². The highest BCUT2D eigenvalue weighted by Gasteiger charge is 2.48. The van der Waals surface area contributed by atoms with E-state index >= 15 is 0 Å². The van der Waals surface area contributed by atoms with Gasteiger partial charge < -0.3 is 25.0 Å². The van der Waals surface area contributed by atoms with Crippen molar-refractivity contribution in [1.82, 2.24) is 20.3 Å². The second kappa shape index (κ2) is 10.4. The highest BCUT2D eigenvalue weighted by Crippen LogP contribution is 2.48. The van der Waals surface area contributed by atoms with Crippen LogP contribution in [0.15, 0.2) is 18.0 Å². The van der Waals surface area contributed by atoms with Crippen LogP contribution in [0.4, 0.5) is 0 Å². The summed E-state index contributed by atoms with van der Waals surface area (Å²) in [6, 6.07) is 0. The van der Waals surface area contributed by atoms with Crippen molar-refractivity contribution in [2.45, 2.75) is 60.2 Å². The van der Waals surface area contributed by atoms with Gasteiger partial charge in [0.05, 0.1) is 12.8 Å². The van der Waals surface area contributed by atoms with Crippen LogP contribution in [0.3, 0.4) is 0 Å². The summed E-state index contributed by atoms with van der Waals surface area (Å²) in [6.45, 7) is 14.6. The summed E-state index contributed by atoms with van der Waals surface area (Å²) in [5, 5.41) is 5.70. The van der Waals surface area contributed by atoms with Gasteiger partial charge in [-0.2, -0.15) is 9.78 Å². The van der Waals surface area contributed by atoms with Gasteiger partial charge in [0.2, 0.25) is 6.29 Å². The van der Waals surface area contributed by atoms with Gasteiger partial charge in [-0.1, -0.05) is 26.5 Å². The van der Waals surface area contributed by atoms with Crippen LogP contribution in [-0.2, 0) is 25.7 Å². The van der Waals surface area contributed by atoms with E-state index in [1.54, 1.807) is 0 Å². The number of aromatic amines is 3. The first kappa shape index (κ1) is 28.4. The molecule has 1 aliphatic carbocycles. The number of allylic oxidation sites excluding steroid dienone is 2. The Morgan fingerprint density at radius 3 is 2.39 bits per heavy atom. The van der Waals surface area contributed by atoms with Crippen molar-refractivity contribution in [2.24, 2.45) is 17.8 Å². The number of carbonyl (C=O) groups excluding carboxylic acids is 2. The first-order valence-corrected chi connectivity index (χ1v) is 15.3. The molecule has 0 unspecified atom stereocenters. The Bertz CT molecular complexity index is 1940.